The van der Waals surface area contributed by atoms with Crippen molar-refractivity contribution in [2.24, 2.45) is 5.92 Å². The van der Waals surface area contributed by atoms with Gasteiger partial charge in [0.2, 0.25) is 5.91 Å². The van der Waals surface area contributed by atoms with Crippen molar-refractivity contribution in [1.82, 2.24) is 10.2 Å². The number of hydrogen-bond acceptors (Lipinski definition) is 2. The van der Waals surface area contributed by atoms with Crippen molar-refractivity contribution in [2.75, 3.05) is 20.1 Å². The highest BCUT2D eigenvalue weighted by Gasteiger charge is 2.14. The molecule has 0 saturated carbocycles. The predicted octanol–water partition coefficient (Wildman–Crippen LogP) is 2.43. The maximum absolute atomic E-state index is 12.2. The van der Waals surface area contributed by atoms with E-state index >= 15 is 0 Å². The van der Waals surface area contributed by atoms with Gasteiger partial charge < -0.3 is 10.2 Å². The first-order valence-electron chi connectivity index (χ1n) is 6.61. The Morgan fingerprint density at radius 2 is 1.85 bits per heavy atom. The number of carbonyl (C=O) groups is 2. The van der Waals surface area contributed by atoms with Crippen molar-refractivity contribution in [3.05, 3.63) is 35.4 Å². The first kappa shape index (κ1) is 16.7. The summed E-state index contributed by atoms with van der Waals surface area (Å²) in [7, 11) is 1.63. The number of hydrogen-bond donors (Lipinski definition) is 1. The summed E-state index contributed by atoms with van der Waals surface area (Å²) >= 11 is 3.36. The summed E-state index contributed by atoms with van der Waals surface area (Å²) in [4.78, 5) is 25.3. The highest BCUT2D eigenvalue weighted by molar-refractivity contribution is 9.08. The molecule has 1 aromatic rings. The molecule has 0 radical (unpaired) electrons. The molecule has 0 heterocycles. The van der Waals surface area contributed by atoms with Crippen molar-refractivity contribution in [2.45, 2.75) is 19.2 Å². The van der Waals surface area contributed by atoms with Crippen LogP contribution in [0.2, 0.25) is 0 Å². The summed E-state index contributed by atoms with van der Waals surface area (Å²) in [6, 6.07) is 7.35. The number of carbonyl (C=O) groups excluding carboxylic acids is 2. The van der Waals surface area contributed by atoms with Crippen LogP contribution < -0.4 is 5.32 Å². The number of likely N-dealkylation sites (N-methyl/N-ethyl adjacent to an activating group) is 1. The first-order chi connectivity index (χ1) is 9.43. The van der Waals surface area contributed by atoms with E-state index < -0.39 is 0 Å². The van der Waals surface area contributed by atoms with E-state index in [9.17, 15) is 9.59 Å². The average Bonchev–Trinajstić information content (AvgIpc) is 2.44. The molecule has 0 fully saturated rings. The molecule has 1 aromatic carbocycles. The quantitative estimate of drug-likeness (QED) is 0.808. The van der Waals surface area contributed by atoms with Gasteiger partial charge in [0.25, 0.3) is 5.91 Å². The molecule has 1 rings (SSSR count). The van der Waals surface area contributed by atoms with Gasteiger partial charge in [-0.2, -0.15) is 0 Å². The number of nitrogens with zero attached hydrogens (tertiary/aromatic N) is 1. The molecule has 0 aliphatic heterocycles. The van der Waals surface area contributed by atoms with E-state index in [4.69, 9.17) is 0 Å². The van der Waals surface area contributed by atoms with Crippen molar-refractivity contribution in [3.8, 4) is 0 Å². The van der Waals surface area contributed by atoms with Gasteiger partial charge in [0, 0.05) is 24.5 Å². The summed E-state index contributed by atoms with van der Waals surface area (Å²) < 4.78 is 0. The summed E-state index contributed by atoms with van der Waals surface area (Å²) in [6.07, 6.45) is 0. The Balaban J connectivity index is 2.55. The average molecular weight is 341 g/mol. The molecule has 0 saturated heterocycles. The molecule has 0 spiro atoms. The summed E-state index contributed by atoms with van der Waals surface area (Å²) in [6.45, 7) is 4.76. The van der Waals surface area contributed by atoms with Gasteiger partial charge in [0.05, 0.1) is 6.54 Å². The molecule has 0 atom stereocenters. The van der Waals surface area contributed by atoms with Crippen molar-refractivity contribution in [1.29, 1.82) is 0 Å². The van der Waals surface area contributed by atoms with Crippen molar-refractivity contribution < 1.29 is 9.59 Å². The number of halogens is 1. The Bertz CT molecular complexity index is 457. The molecule has 110 valence electrons. The summed E-state index contributed by atoms with van der Waals surface area (Å²) in [5.74, 6) is 0.120. The predicted molar refractivity (Wildman–Crippen MR) is 83.9 cm³/mol. The van der Waals surface area contributed by atoms with Gasteiger partial charge in [-0.15, -0.1) is 0 Å². The van der Waals surface area contributed by atoms with Crippen LogP contribution in [0.3, 0.4) is 0 Å². The number of rotatable bonds is 6. The number of nitrogens with one attached hydrogen (secondary N) is 1. The Morgan fingerprint density at radius 3 is 2.35 bits per heavy atom. The van der Waals surface area contributed by atoms with E-state index in [-0.39, 0.29) is 18.4 Å². The number of amides is 2. The molecule has 0 aromatic heterocycles. The minimum Gasteiger partial charge on any atom is -0.354 e. The molecule has 4 nitrogen and oxygen atoms in total. The Labute approximate surface area is 128 Å². The Morgan fingerprint density at radius 1 is 1.25 bits per heavy atom. The fraction of sp³-hybridized carbons (Fsp3) is 0.467. The lowest BCUT2D eigenvalue weighted by Gasteiger charge is -2.17. The molecule has 1 N–H and O–H groups in total. The third-order valence-corrected chi connectivity index (χ3v) is 3.44. The number of benzene rings is 1. The molecular weight excluding hydrogens is 320 g/mol. The van der Waals surface area contributed by atoms with Crippen LogP contribution in [-0.2, 0) is 10.1 Å². The molecule has 0 aliphatic rings. The van der Waals surface area contributed by atoms with Crippen LogP contribution in [0.15, 0.2) is 24.3 Å². The Kier molecular flexibility index (Phi) is 6.71. The summed E-state index contributed by atoms with van der Waals surface area (Å²) in [5.41, 5.74) is 1.70. The normalized spacial score (nSPS) is 10.4. The largest absolute Gasteiger partial charge is 0.354 e. The van der Waals surface area contributed by atoms with Gasteiger partial charge in [-0.3, -0.25) is 9.59 Å². The lowest BCUT2D eigenvalue weighted by atomic mass is 10.1. The second kappa shape index (κ2) is 8.04. The van der Waals surface area contributed by atoms with E-state index in [1.807, 2.05) is 26.0 Å². The van der Waals surface area contributed by atoms with E-state index in [0.717, 1.165) is 10.9 Å². The van der Waals surface area contributed by atoms with Gasteiger partial charge in [-0.25, -0.2) is 0 Å². The van der Waals surface area contributed by atoms with Crippen LogP contribution in [0.25, 0.3) is 0 Å². The van der Waals surface area contributed by atoms with E-state index in [0.29, 0.717) is 18.0 Å². The highest BCUT2D eigenvalue weighted by Crippen LogP contribution is 2.09. The van der Waals surface area contributed by atoms with Gasteiger partial charge in [-0.05, 0) is 23.6 Å². The van der Waals surface area contributed by atoms with Gasteiger partial charge in [0.1, 0.15) is 0 Å². The maximum Gasteiger partial charge on any atom is 0.254 e. The molecular formula is C15H21BrN2O2. The fourth-order valence-corrected chi connectivity index (χ4v) is 1.99. The van der Waals surface area contributed by atoms with Crippen LogP contribution in [0.5, 0.6) is 0 Å². The molecule has 2 amide bonds. The second-order valence-corrected chi connectivity index (χ2v) is 5.75. The zero-order valence-corrected chi connectivity index (χ0v) is 13.7. The third-order valence-electron chi connectivity index (χ3n) is 2.79. The zero-order chi connectivity index (χ0) is 15.1. The van der Waals surface area contributed by atoms with Crippen LogP contribution in [0.1, 0.15) is 29.8 Å². The van der Waals surface area contributed by atoms with Crippen LogP contribution >= 0.6 is 15.9 Å². The lowest BCUT2D eigenvalue weighted by Crippen LogP contribution is -2.39. The summed E-state index contributed by atoms with van der Waals surface area (Å²) in [5, 5.41) is 3.56. The van der Waals surface area contributed by atoms with E-state index in [1.165, 1.54) is 4.90 Å². The highest BCUT2D eigenvalue weighted by atomic mass is 79.9. The van der Waals surface area contributed by atoms with Crippen LogP contribution in [0, 0.1) is 5.92 Å². The molecule has 0 bridgehead atoms. The van der Waals surface area contributed by atoms with E-state index in [1.54, 1.807) is 19.2 Å². The van der Waals surface area contributed by atoms with Gasteiger partial charge >= 0.3 is 0 Å². The lowest BCUT2D eigenvalue weighted by molar-refractivity contribution is -0.121. The zero-order valence-electron chi connectivity index (χ0n) is 12.1. The fourth-order valence-electron chi connectivity index (χ4n) is 1.62. The number of alkyl halides is 1. The minimum atomic E-state index is -0.147. The van der Waals surface area contributed by atoms with Crippen molar-refractivity contribution in [3.63, 3.8) is 0 Å². The van der Waals surface area contributed by atoms with Crippen LogP contribution in [0.4, 0.5) is 0 Å². The SMILES string of the molecule is CC(C)CNC(=O)CN(C)C(=O)c1ccc(CBr)cc1. The second-order valence-electron chi connectivity index (χ2n) is 5.19. The smallest absolute Gasteiger partial charge is 0.254 e. The Hall–Kier alpha value is -1.36. The third kappa shape index (κ3) is 5.33. The van der Waals surface area contributed by atoms with Gasteiger partial charge in [0.15, 0.2) is 0 Å². The van der Waals surface area contributed by atoms with Crippen molar-refractivity contribution >= 4 is 27.7 Å². The minimum absolute atomic E-state index is 0.0751. The molecule has 5 heteroatoms. The van der Waals surface area contributed by atoms with Crippen LogP contribution in [-0.4, -0.2) is 36.9 Å². The first-order valence-corrected chi connectivity index (χ1v) is 7.73. The monoisotopic (exact) mass is 340 g/mol. The molecule has 20 heavy (non-hydrogen) atoms. The van der Waals surface area contributed by atoms with E-state index in [2.05, 4.69) is 21.2 Å². The topological polar surface area (TPSA) is 49.4 Å². The van der Waals surface area contributed by atoms with Gasteiger partial charge in [-0.1, -0.05) is 41.9 Å². The molecule has 0 unspecified atom stereocenters. The molecule has 0 aliphatic carbocycles. The maximum atomic E-state index is 12.2. The standard InChI is InChI=1S/C15H21BrN2O2/c1-11(2)9-17-14(19)10-18(3)15(20)13-6-4-12(8-16)5-7-13/h4-7,11H,8-10H2,1-3H3,(H,17,19).